The molecule has 0 N–H and O–H groups in total. The SMILES string of the molecule is c1ccc(-c2ccc(-c3cccc(-c4nc(-c5ccccc5)nc(-c5cccc6c5sc5c(-n7c8ccc9ccccc9c8c8c9ccccc9ccc87)cccc56)n4)c3)cc2)cc1. The van der Waals surface area contributed by atoms with Crippen molar-refractivity contribution >= 4 is 74.9 Å². The van der Waals surface area contributed by atoms with E-state index in [0.717, 1.165) is 38.2 Å². The first-order chi connectivity index (χ1) is 31.7. The highest BCUT2D eigenvalue weighted by molar-refractivity contribution is 7.26. The van der Waals surface area contributed by atoms with Gasteiger partial charge in [-0.1, -0.05) is 188 Å². The van der Waals surface area contributed by atoms with Gasteiger partial charge in [0.25, 0.3) is 0 Å². The van der Waals surface area contributed by atoms with E-state index in [1.165, 1.54) is 70.0 Å². The minimum absolute atomic E-state index is 0.634. The molecule has 0 spiro atoms. The summed E-state index contributed by atoms with van der Waals surface area (Å²) in [5, 5.41) is 9.95. The molecular weight excluding hydrogens is 797 g/mol. The topological polar surface area (TPSA) is 43.6 Å². The zero-order valence-corrected chi connectivity index (χ0v) is 35.3. The number of nitrogens with zero attached hydrogens (tertiary/aromatic N) is 4. The number of rotatable bonds is 6. The summed E-state index contributed by atoms with van der Waals surface area (Å²) in [5.41, 5.74) is 11.0. The quantitative estimate of drug-likeness (QED) is 0.168. The number of thiophene rings is 1. The van der Waals surface area contributed by atoms with Crippen LogP contribution in [0.2, 0.25) is 0 Å². The molecule has 298 valence electrons. The molecule has 0 aliphatic carbocycles. The monoisotopic (exact) mass is 832 g/mol. The van der Waals surface area contributed by atoms with Crippen LogP contribution < -0.4 is 0 Å². The molecule has 5 heteroatoms. The smallest absolute Gasteiger partial charge is 0.165 e. The molecule has 0 radical (unpaired) electrons. The Morgan fingerprint density at radius 3 is 1.45 bits per heavy atom. The van der Waals surface area contributed by atoms with Gasteiger partial charge in [0.05, 0.1) is 21.4 Å². The van der Waals surface area contributed by atoms with Crippen LogP contribution in [-0.4, -0.2) is 19.5 Å². The summed E-state index contributed by atoms with van der Waals surface area (Å²) in [6.45, 7) is 0. The molecule has 0 fully saturated rings. The molecule has 64 heavy (non-hydrogen) atoms. The van der Waals surface area contributed by atoms with Gasteiger partial charge in [0.15, 0.2) is 17.5 Å². The molecule has 0 bridgehead atoms. The molecule has 0 aliphatic rings. The van der Waals surface area contributed by atoms with Crippen LogP contribution >= 0.6 is 11.3 Å². The number of hydrogen-bond donors (Lipinski definition) is 0. The first-order valence-corrected chi connectivity index (χ1v) is 22.4. The molecule has 4 nitrogen and oxygen atoms in total. The lowest BCUT2D eigenvalue weighted by Gasteiger charge is -2.10. The Balaban J connectivity index is 0.996. The van der Waals surface area contributed by atoms with Crippen molar-refractivity contribution in [1.82, 2.24) is 19.5 Å². The van der Waals surface area contributed by atoms with Gasteiger partial charge < -0.3 is 4.57 Å². The standard InChI is InChI=1S/C59H36N4S/c1-3-14-37(15-4-1)38-28-30-39(31-29-38)43-20-11-21-44(36-43)58-60-57(42-18-5-2-6-19-42)61-59(62-58)49-26-12-24-47-48-25-13-27-52(56(48)64-55(47)49)63-50-34-32-40-16-7-9-22-45(40)53(50)54-46-23-10-8-17-41(46)33-35-51(54)63/h1-36H. The second kappa shape index (κ2) is 14.7. The summed E-state index contributed by atoms with van der Waals surface area (Å²) in [7, 11) is 0. The largest absolute Gasteiger partial charge is 0.308 e. The third-order valence-electron chi connectivity index (χ3n) is 12.6. The molecule has 0 atom stereocenters. The maximum atomic E-state index is 5.30. The average molecular weight is 833 g/mol. The second-order valence-electron chi connectivity index (χ2n) is 16.3. The van der Waals surface area contributed by atoms with Gasteiger partial charge in [0.2, 0.25) is 0 Å². The summed E-state index contributed by atoms with van der Waals surface area (Å²) < 4.78 is 4.84. The molecule has 13 rings (SSSR count). The van der Waals surface area contributed by atoms with E-state index in [2.05, 4.69) is 199 Å². The van der Waals surface area contributed by atoms with E-state index in [4.69, 9.17) is 15.0 Å². The fraction of sp³-hybridized carbons (Fsp3) is 0. The predicted molar refractivity (Wildman–Crippen MR) is 269 cm³/mol. The van der Waals surface area contributed by atoms with Crippen molar-refractivity contribution in [3.63, 3.8) is 0 Å². The van der Waals surface area contributed by atoms with Gasteiger partial charge >= 0.3 is 0 Å². The van der Waals surface area contributed by atoms with Crippen molar-refractivity contribution in [2.45, 2.75) is 0 Å². The Hall–Kier alpha value is -8.25. The highest BCUT2D eigenvalue weighted by atomic mass is 32.1. The lowest BCUT2D eigenvalue weighted by atomic mass is 9.99. The van der Waals surface area contributed by atoms with Crippen molar-refractivity contribution < 1.29 is 0 Å². The first kappa shape index (κ1) is 36.4. The van der Waals surface area contributed by atoms with Crippen LogP contribution in [0.1, 0.15) is 0 Å². The van der Waals surface area contributed by atoms with Gasteiger partial charge in [-0.15, -0.1) is 11.3 Å². The second-order valence-corrected chi connectivity index (χ2v) is 17.4. The zero-order chi connectivity index (χ0) is 42.1. The van der Waals surface area contributed by atoms with Crippen LogP contribution in [0.25, 0.3) is 126 Å². The van der Waals surface area contributed by atoms with Crippen molar-refractivity contribution in [1.29, 1.82) is 0 Å². The molecule has 3 aromatic heterocycles. The van der Waals surface area contributed by atoms with E-state index in [-0.39, 0.29) is 0 Å². The van der Waals surface area contributed by atoms with Crippen molar-refractivity contribution in [2.75, 3.05) is 0 Å². The van der Waals surface area contributed by atoms with E-state index in [9.17, 15) is 0 Å². The lowest BCUT2D eigenvalue weighted by molar-refractivity contribution is 1.08. The van der Waals surface area contributed by atoms with E-state index >= 15 is 0 Å². The van der Waals surface area contributed by atoms with E-state index in [1.54, 1.807) is 0 Å². The highest BCUT2D eigenvalue weighted by Crippen LogP contribution is 2.46. The zero-order valence-electron chi connectivity index (χ0n) is 34.5. The number of benzene rings is 10. The number of hydrogen-bond acceptors (Lipinski definition) is 4. The Kier molecular flexibility index (Phi) is 8.36. The molecule has 0 saturated carbocycles. The minimum Gasteiger partial charge on any atom is -0.308 e. The van der Waals surface area contributed by atoms with Gasteiger partial charge in [0, 0.05) is 42.9 Å². The minimum atomic E-state index is 0.634. The number of fused-ring (bicyclic) bond motifs is 10. The lowest BCUT2D eigenvalue weighted by Crippen LogP contribution is -2.00. The van der Waals surface area contributed by atoms with E-state index in [0.29, 0.717) is 17.5 Å². The van der Waals surface area contributed by atoms with Gasteiger partial charge in [-0.05, 0) is 74.1 Å². The maximum Gasteiger partial charge on any atom is 0.165 e. The van der Waals surface area contributed by atoms with E-state index < -0.39 is 0 Å². The fourth-order valence-corrected chi connectivity index (χ4v) is 10.9. The molecule has 0 unspecified atom stereocenters. The maximum absolute atomic E-state index is 5.30. The van der Waals surface area contributed by atoms with Crippen LogP contribution in [0, 0.1) is 0 Å². The summed E-state index contributed by atoms with van der Waals surface area (Å²) in [6.07, 6.45) is 0. The van der Waals surface area contributed by atoms with Gasteiger partial charge in [0.1, 0.15) is 0 Å². The van der Waals surface area contributed by atoms with Crippen LogP contribution in [-0.2, 0) is 0 Å². The Morgan fingerprint density at radius 1 is 0.312 bits per heavy atom. The average Bonchev–Trinajstić information content (AvgIpc) is 3.94. The van der Waals surface area contributed by atoms with Crippen LogP contribution in [0.5, 0.6) is 0 Å². The van der Waals surface area contributed by atoms with Crippen LogP contribution in [0.4, 0.5) is 0 Å². The fourth-order valence-electron chi connectivity index (χ4n) is 9.63. The van der Waals surface area contributed by atoms with Crippen LogP contribution in [0.3, 0.4) is 0 Å². The summed E-state index contributed by atoms with van der Waals surface area (Å²) >= 11 is 1.81. The molecule has 0 aliphatic heterocycles. The Morgan fingerprint density at radius 2 is 0.781 bits per heavy atom. The normalized spacial score (nSPS) is 11.8. The van der Waals surface area contributed by atoms with Gasteiger partial charge in [-0.25, -0.2) is 15.0 Å². The number of aromatic nitrogens is 4. The Bertz CT molecular complexity index is 3850. The summed E-state index contributed by atoms with van der Waals surface area (Å²) in [5.74, 6) is 1.92. The molecular formula is C59H36N4S. The highest BCUT2D eigenvalue weighted by Gasteiger charge is 2.22. The summed E-state index contributed by atoms with van der Waals surface area (Å²) in [6, 6.07) is 77.9. The van der Waals surface area contributed by atoms with Gasteiger partial charge in [-0.3, -0.25) is 0 Å². The Labute approximate surface area is 373 Å². The summed E-state index contributed by atoms with van der Waals surface area (Å²) in [4.78, 5) is 15.7. The third-order valence-corrected chi connectivity index (χ3v) is 13.9. The molecule has 0 amide bonds. The first-order valence-electron chi connectivity index (χ1n) is 21.6. The molecule has 3 heterocycles. The van der Waals surface area contributed by atoms with E-state index in [1.807, 2.05) is 35.6 Å². The van der Waals surface area contributed by atoms with Crippen molar-refractivity contribution in [3.8, 4) is 62.1 Å². The molecule has 10 aromatic carbocycles. The third kappa shape index (κ3) is 5.86. The van der Waals surface area contributed by atoms with Gasteiger partial charge in [-0.2, -0.15) is 0 Å². The molecule has 13 aromatic rings. The predicted octanol–water partition coefficient (Wildman–Crippen LogP) is 16.0. The van der Waals surface area contributed by atoms with Crippen molar-refractivity contribution in [2.24, 2.45) is 0 Å². The van der Waals surface area contributed by atoms with Crippen molar-refractivity contribution in [3.05, 3.63) is 218 Å². The molecule has 0 saturated heterocycles. The van der Waals surface area contributed by atoms with Crippen LogP contribution in [0.15, 0.2) is 218 Å².